The van der Waals surface area contributed by atoms with Gasteiger partial charge < -0.3 is 15.7 Å². The predicted molar refractivity (Wildman–Crippen MR) is 152 cm³/mol. The van der Waals surface area contributed by atoms with Gasteiger partial charge in [-0.2, -0.15) is 0 Å². The van der Waals surface area contributed by atoms with Gasteiger partial charge in [-0.3, -0.25) is 4.79 Å². The molecule has 4 aliphatic rings. The molecule has 4 fully saturated rings. The van der Waals surface area contributed by atoms with Crippen LogP contribution in [0.3, 0.4) is 0 Å². The Kier molecular flexibility index (Phi) is 7.46. The lowest BCUT2D eigenvalue weighted by Crippen LogP contribution is -2.49. The molecular weight excluding hydrogens is 456 g/mol. The summed E-state index contributed by atoms with van der Waals surface area (Å²) in [4.78, 5) is 14.3. The van der Waals surface area contributed by atoms with Crippen LogP contribution in [-0.2, 0) is 4.79 Å². The fourth-order valence-corrected chi connectivity index (χ4v) is 7.62. The fraction of sp³-hybridized carbons (Fsp3) is 0.667. The number of hydrogen-bond donors (Lipinski definition) is 2. The summed E-state index contributed by atoms with van der Waals surface area (Å²) in [6, 6.07) is 9.20. The normalized spacial score (nSPS) is 33.6. The van der Waals surface area contributed by atoms with Crippen LogP contribution in [0.1, 0.15) is 95.6 Å². The van der Waals surface area contributed by atoms with E-state index >= 15 is 0 Å². The molecular formula is C33H48N2O2. The maximum atomic E-state index is 12.0. The van der Waals surface area contributed by atoms with Crippen molar-refractivity contribution in [3.63, 3.8) is 0 Å². The largest absolute Gasteiger partial charge is 0.382 e. The maximum absolute atomic E-state index is 12.0. The van der Waals surface area contributed by atoms with Gasteiger partial charge in [-0.1, -0.05) is 63.8 Å². The van der Waals surface area contributed by atoms with Gasteiger partial charge >= 0.3 is 0 Å². The number of benzene rings is 1. The van der Waals surface area contributed by atoms with Crippen LogP contribution < -0.4 is 5.73 Å². The van der Waals surface area contributed by atoms with Crippen molar-refractivity contribution in [2.45, 2.75) is 95.6 Å². The summed E-state index contributed by atoms with van der Waals surface area (Å²) in [5.74, 6) is 4.70. The topological polar surface area (TPSA) is 66.6 Å². The van der Waals surface area contributed by atoms with Crippen LogP contribution in [-0.4, -0.2) is 40.0 Å². The van der Waals surface area contributed by atoms with Crippen LogP contribution in [0.25, 0.3) is 5.70 Å². The van der Waals surface area contributed by atoms with Crippen molar-refractivity contribution in [1.82, 2.24) is 4.90 Å². The Labute approximate surface area is 224 Å². The summed E-state index contributed by atoms with van der Waals surface area (Å²) in [5.41, 5.74) is 9.63. The number of fused-ring (bicyclic) bond motifs is 1. The Balaban J connectivity index is 1.20. The summed E-state index contributed by atoms with van der Waals surface area (Å²) in [5, 5.41) is 9.95. The van der Waals surface area contributed by atoms with E-state index in [0.29, 0.717) is 31.1 Å². The predicted octanol–water partition coefficient (Wildman–Crippen LogP) is 6.30. The highest BCUT2D eigenvalue weighted by Crippen LogP contribution is 2.66. The second-order valence-electron chi connectivity index (χ2n) is 13.1. The maximum Gasteiger partial charge on any atom is 0.168 e. The average Bonchev–Trinajstić information content (AvgIpc) is 3.79. The van der Waals surface area contributed by atoms with E-state index in [1.165, 1.54) is 43.2 Å². The van der Waals surface area contributed by atoms with Gasteiger partial charge in [0.25, 0.3) is 0 Å². The zero-order valence-corrected chi connectivity index (χ0v) is 23.3. The first kappa shape index (κ1) is 26.7. The molecule has 0 heterocycles. The third-order valence-electron chi connectivity index (χ3n) is 10.4. The van der Waals surface area contributed by atoms with Crippen molar-refractivity contribution in [2.75, 3.05) is 13.1 Å². The van der Waals surface area contributed by atoms with Crippen LogP contribution >= 0.6 is 0 Å². The molecule has 4 nitrogen and oxygen atoms in total. The SMILES string of the molecule is C=C(c1ccc(C2CCC3C4CC(N)(C(C)C)CC(C2)C34)cc1)N(C/C=C/CC(=O)C1(O)CC1)CCC. The second kappa shape index (κ2) is 10.3. The highest BCUT2D eigenvalue weighted by molar-refractivity contribution is 5.90. The number of rotatable bonds is 11. The molecule has 0 radical (unpaired) electrons. The molecule has 37 heavy (non-hydrogen) atoms. The van der Waals surface area contributed by atoms with Gasteiger partial charge in [0.1, 0.15) is 5.60 Å². The van der Waals surface area contributed by atoms with Crippen molar-refractivity contribution in [3.8, 4) is 0 Å². The smallest absolute Gasteiger partial charge is 0.168 e. The Bertz CT molecular complexity index is 1020. The third-order valence-corrected chi connectivity index (χ3v) is 10.4. The van der Waals surface area contributed by atoms with E-state index in [0.717, 1.165) is 48.9 Å². The van der Waals surface area contributed by atoms with Crippen molar-refractivity contribution in [3.05, 3.63) is 54.1 Å². The number of carbonyl (C=O) groups excluding carboxylic acids is 1. The number of ketones is 1. The minimum atomic E-state index is -1.03. The minimum Gasteiger partial charge on any atom is -0.382 e. The quantitative estimate of drug-likeness (QED) is 0.347. The first-order valence-electron chi connectivity index (χ1n) is 14.9. The van der Waals surface area contributed by atoms with Crippen LogP contribution in [0, 0.1) is 29.6 Å². The lowest BCUT2D eigenvalue weighted by molar-refractivity contribution is -0.128. The van der Waals surface area contributed by atoms with Crippen molar-refractivity contribution in [2.24, 2.45) is 35.3 Å². The molecule has 6 atom stereocenters. The molecule has 0 saturated heterocycles. The summed E-state index contributed by atoms with van der Waals surface area (Å²) < 4.78 is 0. The van der Waals surface area contributed by atoms with Gasteiger partial charge in [0.05, 0.1) is 0 Å². The summed E-state index contributed by atoms with van der Waals surface area (Å²) in [6.07, 6.45) is 13.0. The number of hydrogen-bond acceptors (Lipinski definition) is 4. The van der Waals surface area contributed by atoms with E-state index in [-0.39, 0.29) is 11.3 Å². The van der Waals surface area contributed by atoms with E-state index in [1.54, 1.807) is 0 Å². The fourth-order valence-electron chi connectivity index (χ4n) is 7.62. The summed E-state index contributed by atoms with van der Waals surface area (Å²) in [6.45, 7) is 12.9. The molecule has 0 bridgehead atoms. The van der Waals surface area contributed by atoms with Gasteiger partial charge in [0.2, 0.25) is 0 Å². The van der Waals surface area contributed by atoms with Crippen LogP contribution in [0.2, 0.25) is 0 Å². The zero-order valence-electron chi connectivity index (χ0n) is 23.3. The highest BCUT2D eigenvalue weighted by Gasteiger charge is 2.61. The van der Waals surface area contributed by atoms with Gasteiger partial charge in [0.15, 0.2) is 5.78 Å². The molecule has 0 spiro atoms. The van der Waals surface area contributed by atoms with E-state index in [4.69, 9.17) is 5.73 Å². The number of nitrogens with two attached hydrogens (primary N) is 1. The van der Waals surface area contributed by atoms with Crippen molar-refractivity contribution < 1.29 is 9.90 Å². The number of nitrogens with zero attached hydrogens (tertiary/aromatic N) is 1. The Morgan fingerprint density at radius 2 is 1.89 bits per heavy atom. The molecule has 0 aliphatic heterocycles. The molecule has 1 aromatic carbocycles. The van der Waals surface area contributed by atoms with Gasteiger partial charge in [-0.05, 0) is 98.0 Å². The molecule has 0 aromatic heterocycles. The Morgan fingerprint density at radius 1 is 1.16 bits per heavy atom. The molecule has 4 saturated carbocycles. The molecule has 4 aliphatic carbocycles. The van der Waals surface area contributed by atoms with Crippen LogP contribution in [0.15, 0.2) is 43.0 Å². The van der Waals surface area contributed by atoms with Crippen LogP contribution in [0.5, 0.6) is 0 Å². The molecule has 3 N–H and O–H groups in total. The molecule has 5 rings (SSSR count). The number of carbonyl (C=O) groups is 1. The Hall–Kier alpha value is -1.91. The van der Waals surface area contributed by atoms with E-state index in [2.05, 4.69) is 56.5 Å². The highest BCUT2D eigenvalue weighted by atomic mass is 16.3. The van der Waals surface area contributed by atoms with Crippen LogP contribution in [0.4, 0.5) is 0 Å². The zero-order chi connectivity index (χ0) is 26.4. The molecule has 4 heteroatoms. The first-order valence-corrected chi connectivity index (χ1v) is 14.9. The molecule has 1 aromatic rings. The van der Waals surface area contributed by atoms with E-state index in [1.807, 2.05) is 12.2 Å². The minimum absolute atomic E-state index is 0.0337. The number of aliphatic hydroxyl groups is 1. The van der Waals surface area contributed by atoms with E-state index < -0.39 is 5.60 Å². The molecule has 6 unspecified atom stereocenters. The molecule has 202 valence electrons. The third kappa shape index (κ3) is 5.47. The van der Waals surface area contributed by atoms with Crippen molar-refractivity contribution >= 4 is 11.5 Å². The number of allylic oxidation sites excluding steroid dienone is 1. The standard InChI is InChI=1S/C33H48N2O2/c1-5-17-35(18-7-6-8-30(36)33(37)15-16-33)23(4)24-9-11-25(12-10-24)26-13-14-28-29-21-32(34,22(2)3)20-27(19-26)31(28)29/h6-7,9-12,22,26-29,31,37H,4-5,8,13-21,34H2,1-3H3/b7-6+. The summed E-state index contributed by atoms with van der Waals surface area (Å²) in [7, 11) is 0. The monoisotopic (exact) mass is 504 g/mol. The van der Waals surface area contributed by atoms with Gasteiger partial charge in [0, 0.05) is 30.7 Å². The van der Waals surface area contributed by atoms with Gasteiger partial charge in [-0.15, -0.1) is 0 Å². The Morgan fingerprint density at radius 3 is 2.54 bits per heavy atom. The second-order valence-corrected chi connectivity index (χ2v) is 13.1. The lowest BCUT2D eigenvalue weighted by atomic mass is 9.68. The van der Waals surface area contributed by atoms with Gasteiger partial charge in [-0.25, -0.2) is 0 Å². The first-order chi connectivity index (χ1) is 17.6. The van der Waals surface area contributed by atoms with E-state index in [9.17, 15) is 9.90 Å². The number of Topliss-reactive ketones (excluding diaryl/α,β-unsaturated/α-hetero) is 1. The molecule has 0 amide bonds. The lowest BCUT2D eigenvalue weighted by Gasteiger charge is -2.42. The summed E-state index contributed by atoms with van der Waals surface area (Å²) >= 11 is 0. The van der Waals surface area contributed by atoms with Crippen molar-refractivity contribution in [1.29, 1.82) is 0 Å². The average molecular weight is 505 g/mol.